The van der Waals surface area contributed by atoms with Crippen molar-refractivity contribution in [2.24, 2.45) is 0 Å². The first-order chi connectivity index (χ1) is 17.8. The van der Waals surface area contributed by atoms with Crippen LogP contribution in [0.2, 0.25) is 5.02 Å². The molecule has 1 saturated heterocycles. The molecule has 0 bridgehead atoms. The number of piperazine rings is 1. The second kappa shape index (κ2) is 10.3. The summed E-state index contributed by atoms with van der Waals surface area (Å²) in [5.41, 5.74) is 5.89. The van der Waals surface area contributed by atoms with Crippen LogP contribution in [0.15, 0.2) is 42.5 Å². The van der Waals surface area contributed by atoms with Gasteiger partial charge in [-0.3, -0.25) is 4.98 Å². The van der Waals surface area contributed by atoms with Crippen LogP contribution in [0.5, 0.6) is 11.5 Å². The van der Waals surface area contributed by atoms with E-state index < -0.39 is 0 Å². The predicted molar refractivity (Wildman–Crippen MR) is 150 cm³/mol. The van der Waals surface area contributed by atoms with Crippen molar-refractivity contribution >= 4 is 45.6 Å². The van der Waals surface area contributed by atoms with Gasteiger partial charge < -0.3 is 24.6 Å². The topological polar surface area (TPSA) is 75.6 Å². The minimum atomic E-state index is 0.538. The molecule has 4 aromatic rings. The number of benzene rings is 2. The van der Waals surface area contributed by atoms with Gasteiger partial charge in [-0.2, -0.15) is 4.98 Å². The summed E-state index contributed by atoms with van der Waals surface area (Å²) in [6.45, 7) is 9.49. The van der Waals surface area contributed by atoms with Crippen molar-refractivity contribution in [3.05, 3.63) is 64.4 Å². The van der Waals surface area contributed by atoms with E-state index in [0.717, 1.165) is 70.6 Å². The fourth-order valence-electron chi connectivity index (χ4n) is 4.73. The van der Waals surface area contributed by atoms with E-state index in [1.807, 2.05) is 51.1 Å². The molecule has 5 rings (SSSR count). The molecule has 0 spiro atoms. The Morgan fingerprint density at radius 2 is 1.43 bits per heavy atom. The van der Waals surface area contributed by atoms with Gasteiger partial charge in [0.1, 0.15) is 17.3 Å². The van der Waals surface area contributed by atoms with Gasteiger partial charge in [-0.25, -0.2) is 4.98 Å². The van der Waals surface area contributed by atoms with Crippen LogP contribution in [0.4, 0.5) is 23.1 Å². The summed E-state index contributed by atoms with van der Waals surface area (Å²) in [5.74, 6) is 2.84. The number of hydrogen-bond donors (Lipinski definition) is 1. The second-order valence-electron chi connectivity index (χ2n) is 9.24. The van der Waals surface area contributed by atoms with Crippen molar-refractivity contribution in [1.29, 1.82) is 0 Å². The van der Waals surface area contributed by atoms with Gasteiger partial charge in [-0.1, -0.05) is 11.6 Å². The third-order valence-electron chi connectivity index (χ3n) is 6.67. The number of halogens is 1. The molecule has 0 radical (unpaired) electrons. The zero-order valence-electron chi connectivity index (χ0n) is 21.8. The predicted octanol–water partition coefficient (Wildman–Crippen LogP) is 5.69. The number of nitrogens with one attached hydrogen (secondary N) is 1. The molecule has 37 heavy (non-hydrogen) atoms. The maximum atomic E-state index is 6.38. The molecule has 1 fully saturated rings. The summed E-state index contributed by atoms with van der Waals surface area (Å²) in [6, 6.07) is 13.9. The number of hydrogen-bond acceptors (Lipinski definition) is 8. The largest absolute Gasteiger partial charge is 0.497 e. The lowest BCUT2D eigenvalue weighted by Gasteiger charge is -2.37. The Morgan fingerprint density at radius 3 is 2.11 bits per heavy atom. The Bertz CT molecular complexity index is 1430. The van der Waals surface area contributed by atoms with Gasteiger partial charge in [0.2, 0.25) is 5.95 Å². The lowest BCUT2D eigenvalue weighted by molar-refractivity contribution is 0.395. The van der Waals surface area contributed by atoms with Crippen LogP contribution >= 0.6 is 11.6 Å². The van der Waals surface area contributed by atoms with Crippen molar-refractivity contribution in [2.45, 2.75) is 20.8 Å². The molecule has 0 unspecified atom stereocenters. The summed E-state index contributed by atoms with van der Waals surface area (Å²) in [5, 5.41) is 5.19. The third kappa shape index (κ3) is 5.20. The van der Waals surface area contributed by atoms with Crippen molar-refractivity contribution in [3.8, 4) is 11.5 Å². The molecule has 1 aliphatic heterocycles. The van der Waals surface area contributed by atoms with Crippen LogP contribution in [-0.4, -0.2) is 55.4 Å². The van der Waals surface area contributed by atoms with Crippen LogP contribution in [0, 0.1) is 20.8 Å². The molecule has 192 valence electrons. The molecule has 2 aromatic heterocycles. The van der Waals surface area contributed by atoms with E-state index in [1.165, 1.54) is 5.69 Å². The number of nitrogens with zero attached hydrogens (tertiary/aromatic N) is 5. The molecular formula is C28H31ClN6O2. The molecule has 0 saturated carbocycles. The molecule has 3 heterocycles. The standard InChI is InChI=1S/C28H31ClN6O2/c1-17-12-25(23-6-7-24(29)19(3)27(23)30-17)34-8-10-35(11-9-34)26-13-18(2)31-28(33-26)32-20-14-21(36-4)16-22(15-20)37-5/h6-7,12-16H,8-11H2,1-5H3,(H,31,32,33). The fraction of sp³-hybridized carbons (Fsp3) is 0.321. The summed E-state index contributed by atoms with van der Waals surface area (Å²) < 4.78 is 10.8. The normalized spacial score (nSPS) is 13.7. The number of aromatic nitrogens is 3. The van der Waals surface area contributed by atoms with Crippen molar-refractivity contribution < 1.29 is 9.47 Å². The molecule has 9 heteroatoms. The number of fused-ring (bicyclic) bond motifs is 1. The van der Waals surface area contributed by atoms with E-state index in [4.69, 9.17) is 31.0 Å². The lowest BCUT2D eigenvalue weighted by Crippen LogP contribution is -2.47. The highest BCUT2D eigenvalue weighted by Gasteiger charge is 2.22. The van der Waals surface area contributed by atoms with Gasteiger partial charge in [0.25, 0.3) is 0 Å². The molecule has 2 aromatic carbocycles. The highest BCUT2D eigenvalue weighted by molar-refractivity contribution is 6.32. The molecule has 1 aliphatic rings. The molecule has 8 nitrogen and oxygen atoms in total. The van der Waals surface area contributed by atoms with Crippen LogP contribution in [0.25, 0.3) is 10.9 Å². The Kier molecular flexibility index (Phi) is 6.93. The van der Waals surface area contributed by atoms with Gasteiger partial charge in [-0.05, 0) is 44.5 Å². The van der Waals surface area contributed by atoms with Crippen LogP contribution < -0.4 is 24.6 Å². The Labute approximate surface area is 222 Å². The quantitative estimate of drug-likeness (QED) is 0.349. The van der Waals surface area contributed by atoms with Crippen molar-refractivity contribution in [2.75, 3.05) is 55.5 Å². The lowest BCUT2D eigenvalue weighted by atomic mass is 10.1. The molecule has 0 atom stereocenters. The van der Waals surface area contributed by atoms with Crippen LogP contribution in [0.3, 0.4) is 0 Å². The summed E-state index contributed by atoms with van der Waals surface area (Å²) in [4.78, 5) is 18.9. The monoisotopic (exact) mass is 518 g/mol. The smallest absolute Gasteiger partial charge is 0.229 e. The minimum Gasteiger partial charge on any atom is -0.497 e. The summed E-state index contributed by atoms with van der Waals surface area (Å²) >= 11 is 6.38. The van der Waals surface area contributed by atoms with Crippen molar-refractivity contribution in [1.82, 2.24) is 15.0 Å². The number of anilines is 4. The first kappa shape index (κ1) is 24.9. The maximum Gasteiger partial charge on any atom is 0.229 e. The Hall–Kier alpha value is -3.78. The molecule has 0 aliphatic carbocycles. The summed E-state index contributed by atoms with van der Waals surface area (Å²) in [7, 11) is 3.26. The molecule has 1 N–H and O–H groups in total. The number of rotatable bonds is 6. The maximum absolute atomic E-state index is 6.38. The van der Waals surface area contributed by atoms with E-state index in [1.54, 1.807) is 14.2 Å². The van der Waals surface area contributed by atoms with Gasteiger partial charge >= 0.3 is 0 Å². The van der Waals surface area contributed by atoms with Crippen molar-refractivity contribution in [3.63, 3.8) is 0 Å². The van der Waals surface area contributed by atoms with Gasteiger partial charge in [0.15, 0.2) is 0 Å². The third-order valence-corrected chi connectivity index (χ3v) is 7.08. The SMILES string of the molecule is COc1cc(Nc2nc(C)cc(N3CCN(c4cc(C)nc5c(C)c(Cl)ccc45)CC3)n2)cc(OC)c1. The first-order valence-corrected chi connectivity index (χ1v) is 12.6. The Balaban J connectivity index is 1.35. The highest BCUT2D eigenvalue weighted by atomic mass is 35.5. The zero-order chi connectivity index (χ0) is 26.1. The van der Waals surface area contributed by atoms with E-state index in [9.17, 15) is 0 Å². The van der Waals surface area contributed by atoms with Gasteiger partial charge in [0, 0.05) is 83.6 Å². The zero-order valence-corrected chi connectivity index (χ0v) is 22.6. The Morgan fingerprint density at radius 1 is 0.784 bits per heavy atom. The number of pyridine rings is 1. The summed E-state index contributed by atoms with van der Waals surface area (Å²) in [6.07, 6.45) is 0. The van der Waals surface area contributed by atoms with Gasteiger partial charge in [-0.15, -0.1) is 0 Å². The average Bonchev–Trinajstić information content (AvgIpc) is 2.90. The number of aryl methyl sites for hydroxylation is 3. The average molecular weight is 519 g/mol. The van der Waals surface area contributed by atoms with E-state index in [2.05, 4.69) is 32.2 Å². The molecule has 0 amide bonds. The molecular weight excluding hydrogens is 488 g/mol. The first-order valence-electron chi connectivity index (χ1n) is 12.3. The number of methoxy groups -OCH3 is 2. The fourth-order valence-corrected chi connectivity index (χ4v) is 4.88. The number of ether oxygens (including phenoxy) is 2. The minimum absolute atomic E-state index is 0.538. The van der Waals surface area contributed by atoms with E-state index in [-0.39, 0.29) is 0 Å². The van der Waals surface area contributed by atoms with Crippen LogP contribution in [-0.2, 0) is 0 Å². The van der Waals surface area contributed by atoms with Crippen LogP contribution in [0.1, 0.15) is 17.0 Å². The van der Waals surface area contributed by atoms with E-state index in [0.29, 0.717) is 17.4 Å². The van der Waals surface area contributed by atoms with Gasteiger partial charge in [0.05, 0.1) is 19.7 Å². The van der Waals surface area contributed by atoms with E-state index >= 15 is 0 Å². The second-order valence-corrected chi connectivity index (χ2v) is 9.65. The highest BCUT2D eigenvalue weighted by Crippen LogP contribution is 2.33.